The molecule has 0 amide bonds. The molecular weight excluding hydrogens is 279 g/mol. The first-order valence-electron chi connectivity index (χ1n) is 6.06. The fraction of sp³-hybridized carbons (Fsp3) is 0.133. The molecule has 96 valence electrons. The number of hydrogen-bond donors (Lipinski definition) is 1. The van der Waals surface area contributed by atoms with E-state index in [4.69, 9.17) is 23.2 Å². The number of halogens is 2. The predicted octanol–water partition coefficient (Wildman–Crippen LogP) is 4.43. The van der Waals surface area contributed by atoms with Crippen molar-refractivity contribution in [2.75, 3.05) is 0 Å². The number of hydrazone groups is 1. The van der Waals surface area contributed by atoms with Crippen molar-refractivity contribution in [1.29, 1.82) is 0 Å². The van der Waals surface area contributed by atoms with Gasteiger partial charge in [0.25, 0.3) is 0 Å². The molecule has 4 heteroatoms. The quantitative estimate of drug-likeness (QED) is 0.869. The van der Waals surface area contributed by atoms with Crippen molar-refractivity contribution < 1.29 is 0 Å². The van der Waals surface area contributed by atoms with Crippen LogP contribution in [0.4, 0.5) is 0 Å². The molecule has 19 heavy (non-hydrogen) atoms. The van der Waals surface area contributed by atoms with Gasteiger partial charge in [-0.05, 0) is 35.4 Å². The molecule has 0 aliphatic carbocycles. The van der Waals surface area contributed by atoms with Gasteiger partial charge in [-0.3, -0.25) is 0 Å². The zero-order valence-electron chi connectivity index (χ0n) is 10.1. The SMILES string of the molecule is Clc1ccc(C2=NN[C@H](c3ccc(Cl)cc3)C2)cc1. The second-order valence-corrected chi connectivity index (χ2v) is 5.38. The Balaban J connectivity index is 1.76. The fourth-order valence-electron chi connectivity index (χ4n) is 2.15. The molecule has 0 fully saturated rings. The molecule has 1 aliphatic heterocycles. The van der Waals surface area contributed by atoms with E-state index in [2.05, 4.69) is 10.5 Å². The third kappa shape index (κ3) is 2.75. The maximum Gasteiger partial charge on any atom is 0.0745 e. The van der Waals surface area contributed by atoms with E-state index in [9.17, 15) is 0 Å². The van der Waals surface area contributed by atoms with Crippen molar-refractivity contribution in [3.63, 3.8) is 0 Å². The van der Waals surface area contributed by atoms with Crippen LogP contribution in [-0.2, 0) is 0 Å². The van der Waals surface area contributed by atoms with Gasteiger partial charge in [0.05, 0.1) is 11.8 Å². The summed E-state index contributed by atoms with van der Waals surface area (Å²) >= 11 is 11.8. The standard InChI is InChI=1S/C15H12Cl2N2/c16-12-5-1-10(2-6-12)14-9-15(19-18-14)11-3-7-13(17)8-4-11/h1-8,14,18H,9H2/t14-/m0/s1. The highest BCUT2D eigenvalue weighted by atomic mass is 35.5. The number of nitrogens with zero attached hydrogens (tertiary/aromatic N) is 1. The van der Waals surface area contributed by atoms with Crippen LogP contribution in [0.2, 0.25) is 10.0 Å². The number of rotatable bonds is 2. The van der Waals surface area contributed by atoms with E-state index in [0.29, 0.717) is 0 Å². The van der Waals surface area contributed by atoms with Crippen molar-refractivity contribution in [3.05, 3.63) is 69.7 Å². The van der Waals surface area contributed by atoms with Gasteiger partial charge in [-0.25, -0.2) is 0 Å². The van der Waals surface area contributed by atoms with Gasteiger partial charge in [0.1, 0.15) is 0 Å². The summed E-state index contributed by atoms with van der Waals surface area (Å²) < 4.78 is 0. The first kappa shape index (κ1) is 12.5. The molecule has 0 radical (unpaired) electrons. The first-order chi connectivity index (χ1) is 9.22. The van der Waals surface area contributed by atoms with Gasteiger partial charge in [0.2, 0.25) is 0 Å². The van der Waals surface area contributed by atoms with E-state index in [1.807, 2.05) is 48.5 Å². The molecule has 1 N–H and O–H groups in total. The van der Waals surface area contributed by atoms with Gasteiger partial charge in [-0.2, -0.15) is 5.10 Å². The second kappa shape index (κ2) is 5.24. The van der Waals surface area contributed by atoms with Gasteiger partial charge in [-0.1, -0.05) is 47.5 Å². The predicted molar refractivity (Wildman–Crippen MR) is 79.9 cm³/mol. The molecule has 1 heterocycles. The molecule has 0 unspecified atom stereocenters. The van der Waals surface area contributed by atoms with Crippen molar-refractivity contribution >= 4 is 28.9 Å². The summed E-state index contributed by atoms with van der Waals surface area (Å²) in [5.74, 6) is 0. The lowest BCUT2D eigenvalue weighted by atomic mass is 9.99. The van der Waals surface area contributed by atoms with Crippen LogP contribution in [0.15, 0.2) is 53.6 Å². The largest absolute Gasteiger partial charge is 0.302 e. The van der Waals surface area contributed by atoms with Crippen LogP contribution in [-0.4, -0.2) is 5.71 Å². The zero-order valence-corrected chi connectivity index (χ0v) is 11.6. The van der Waals surface area contributed by atoms with Gasteiger partial charge in [0.15, 0.2) is 0 Å². The Hall–Kier alpha value is -1.51. The van der Waals surface area contributed by atoms with Crippen molar-refractivity contribution in [2.45, 2.75) is 12.5 Å². The van der Waals surface area contributed by atoms with Gasteiger partial charge in [0, 0.05) is 16.5 Å². The van der Waals surface area contributed by atoms with Crippen molar-refractivity contribution in [2.24, 2.45) is 5.10 Å². The summed E-state index contributed by atoms with van der Waals surface area (Å²) in [7, 11) is 0. The minimum Gasteiger partial charge on any atom is -0.302 e. The molecular formula is C15H12Cl2N2. The van der Waals surface area contributed by atoms with Crippen LogP contribution < -0.4 is 5.43 Å². The Morgan fingerprint density at radius 1 is 0.895 bits per heavy atom. The van der Waals surface area contributed by atoms with E-state index in [1.54, 1.807) is 0 Å². The van der Waals surface area contributed by atoms with Crippen LogP contribution in [0.3, 0.4) is 0 Å². The Morgan fingerprint density at radius 2 is 1.47 bits per heavy atom. The van der Waals surface area contributed by atoms with E-state index < -0.39 is 0 Å². The second-order valence-electron chi connectivity index (χ2n) is 4.50. The minimum atomic E-state index is 0.211. The lowest BCUT2D eigenvalue weighted by Crippen LogP contribution is -2.09. The molecule has 1 atom stereocenters. The number of benzene rings is 2. The van der Waals surface area contributed by atoms with Crippen LogP contribution in [0, 0.1) is 0 Å². The molecule has 2 aromatic rings. The van der Waals surface area contributed by atoms with E-state index in [-0.39, 0.29) is 6.04 Å². The lowest BCUT2D eigenvalue weighted by molar-refractivity contribution is 0.620. The summed E-state index contributed by atoms with van der Waals surface area (Å²) in [6, 6.07) is 15.8. The molecule has 1 aliphatic rings. The molecule has 0 spiro atoms. The maximum absolute atomic E-state index is 5.90. The highest BCUT2D eigenvalue weighted by Crippen LogP contribution is 2.25. The molecule has 3 rings (SSSR count). The third-order valence-corrected chi connectivity index (χ3v) is 3.71. The highest BCUT2D eigenvalue weighted by Gasteiger charge is 2.20. The first-order valence-corrected chi connectivity index (χ1v) is 6.81. The van der Waals surface area contributed by atoms with E-state index in [0.717, 1.165) is 27.7 Å². The fourth-order valence-corrected chi connectivity index (χ4v) is 2.40. The van der Waals surface area contributed by atoms with Crippen LogP contribution in [0.25, 0.3) is 0 Å². The summed E-state index contributed by atoms with van der Waals surface area (Å²) in [5, 5.41) is 5.90. The summed E-state index contributed by atoms with van der Waals surface area (Å²) in [4.78, 5) is 0. The zero-order chi connectivity index (χ0) is 13.2. The Bertz CT molecular complexity index is 603. The molecule has 0 aromatic heterocycles. The average molecular weight is 291 g/mol. The topological polar surface area (TPSA) is 24.4 Å². The minimum absolute atomic E-state index is 0.211. The molecule has 2 nitrogen and oxygen atoms in total. The van der Waals surface area contributed by atoms with Crippen LogP contribution in [0.5, 0.6) is 0 Å². The Morgan fingerprint density at radius 3 is 2.11 bits per heavy atom. The third-order valence-electron chi connectivity index (χ3n) is 3.20. The average Bonchev–Trinajstić information content (AvgIpc) is 2.90. The summed E-state index contributed by atoms with van der Waals surface area (Å²) in [5.41, 5.74) is 6.52. The highest BCUT2D eigenvalue weighted by molar-refractivity contribution is 6.30. The molecule has 0 saturated carbocycles. The molecule has 2 aromatic carbocycles. The van der Waals surface area contributed by atoms with Crippen LogP contribution >= 0.6 is 23.2 Å². The van der Waals surface area contributed by atoms with Crippen molar-refractivity contribution in [3.8, 4) is 0 Å². The summed E-state index contributed by atoms with van der Waals surface area (Å²) in [6.45, 7) is 0. The Kier molecular flexibility index (Phi) is 3.45. The Labute approximate surface area is 122 Å². The molecule has 0 saturated heterocycles. The van der Waals surface area contributed by atoms with Gasteiger partial charge < -0.3 is 5.43 Å². The maximum atomic E-state index is 5.90. The van der Waals surface area contributed by atoms with E-state index >= 15 is 0 Å². The number of hydrogen-bond acceptors (Lipinski definition) is 2. The lowest BCUT2D eigenvalue weighted by Gasteiger charge is -2.09. The number of nitrogens with one attached hydrogen (secondary N) is 1. The van der Waals surface area contributed by atoms with Gasteiger partial charge >= 0.3 is 0 Å². The summed E-state index contributed by atoms with van der Waals surface area (Å²) in [6.07, 6.45) is 0.864. The van der Waals surface area contributed by atoms with E-state index in [1.165, 1.54) is 5.56 Å². The monoisotopic (exact) mass is 290 g/mol. The van der Waals surface area contributed by atoms with Gasteiger partial charge in [-0.15, -0.1) is 0 Å². The smallest absolute Gasteiger partial charge is 0.0745 e. The van der Waals surface area contributed by atoms with Crippen LogP contribution in [0.1, 0.15) is 23.6 Å². The molecule has 0 bridgehead atoms. The van der Waals surface area contributed by atoms with Crippen molar-refractivity contribution in [1.82, 2.24) is 5.43 Å². The normalized spacial score (nSPS) is 18.0.